The summed E-state index contributed by atoms with van der Waals surface area (Å²) >= 11 is 0. The van der Waals surface area contributed by atoms with Crippen molar-refractivity contribution in [2.24, 2.45) is 5.92 Å². The topological polar surface area (TPSA) is 40.5 Å². The highest BCUT2D eigenvalue weighted by Crippen LogP contribution is 2.42. The number of rotatable bonds is 2. The van der Waals surface area contributed by atoms with Crippen molar-refractivity contribution in [1.82, 2.24) is 4.90 Å². The Hall–Kier alpha value is -1.35. The summed E-state index contributed by atoms with van der Waals surface area (Å²) in [6, 6.07) is 10.6. The summed E-state index contributed by atoms with van der Waals surface area (Å²) in [5, 5.41) is 9.47. The van der Waals surface area contributed by atoms with Gasteiger partial charge in [-0.25, -0.2) is 0 Å². The van der Waals surface area contributed by atoms with E-state index in [1.807, 2.05) is 18.2 Å². The van der Waals surface area contributed by atoms with Gasteiger partial charge in [0.2, 0.25) is 0 Å². The summed E-state index contributed by atoms with van der Waals surface area (Å²) < 4.78 is 0. The number of piperidine rings is 1. The SMILES string of the molecule is O=C(O)C1CN2CCCCC2C1c1ccccc1. The predicted molar refractivity (Wildman–Crippen MR) is 69.5 cm³/mol. The van der Waals surface area contributed by atoms with Gasteiger partial charge in [-0.05, 0) is 24.9 Å². The molecule has 0 spiro atoms. The third-order valence-electron chi connectivity index (χ3n) is 4.45. The monoisotopic (exact) mass is 245 g/mol. The van der Waals surface area contributed by atoms with Crippen LogP contribution in [0, 0.1) is 5.92 Å². The average Bonchev–Trinajstić information content (AvgIpc) is 2.79. The average molecular weight is 245 g/mol. The highest BCUT2D eigenvalue weighted by molar-refractivity contribution is 5.72. The highest BCUT2D eigenvalue weighted by atomic mass is 16.4. The summed E-state index contributed by atoms with van der Waals surface area (Å²) in [5.74, 6) is -0.710. The molecule has 2 fully saturated rings. The first kappa shape index (κ1) is 11.7. The van der Waals surface area contributed by atoms with Crippen LogP contribution in [0.3, 0.4) is 0 Å². The number of aliphatic carboxylic acids is 1. The van der Waals surface area contributed by atoms with E-state index in [1.165, 1.54) is 18.4 Å². The quantitative estimate of drug-likeness (QED) is 0.869. The second kappa shape index (κ2) is 4.73. The first-order valence-corrected chi connectivity index (χ1v) is 6.79. The van der Waals surface area contributed by atoms with E-state index in [2.05, 4.69) is 17.0 Å². The van der Waals surface area contributed by atoms with E-state index in [0.717, 1.165) is 19.5 Å². The molecular formula is C15H19NO2. The molecule has 1 aromatic carbocycles. The maximum absolute atomic E-state index is 11.5. The molecule has 3 atom stereocenters. The lowest BCUT2D eigenvalue weighted by Crippen LogP contribution is -2.36. The molecule has 0 radical (unpaired) electrons. The summed E-state index contributed by atoms with van der Waals surface area (Å²) in [7, 11) is 0. The minimum absolute atomic E-state index is 0.170. The number of carboxylic acid groups (broad SMARTS) is 1. The van der Waals surface area contributed by atoms with E-state index in [0.29, 0.717) is 6.04 Å². The lowest BCUT2D eigenvalue weighted by Gasteiger charge is -2.32. The third-order valence-corrected chi connectivity index (χ3v) is 4.45. The van der Waals surface area contributed by atoms with Crippen molar-refractivity contribution in [3.05, 3.63) is 35.9 Å². The summed E-state index contributed by atoms with van der Waals surface area (Å²) in [5.41, 5.74) is 1.19. The second-order valence-electron chi connectivity index (χ2n) is 5.44. The molecule has 1 N–H and O–H groups in total. The number of hydrogen-bond acceptors (Lipinski definition) is 2. The fraction of sp³-hybridized carbons (Fsp3) is 0.533. The van der Waals surface area contributed by atoms with Gasteiger partial charge in [-0.15, -0.1) is 0 Å². The molecule has 96 valence electrons. The number of hydrogen-bond donors (Lipinski definition) is 1. The number of fused-ring (bicyclic) bond motifs is 1. The molecule has 2 aliphatic heterocycles. The van der Waals surface area contributed by atoms with Gasteiger partial charge in [0.1, 0.15) is 0 Å². The van der Waals surface area contributed by atoms with Crippen LogP contribution in [0.15, 0.2) is 30.3 Å². The second-order valence-corrected chi connectivity index (χ2v) is 5.44. The zero-order valence-electron chi connectivity index (χ0n) is 10.5. The van der Waals surface area contributed by atoms with Crippen LogP contribution in [0.4, 0.5) is 0 Å². The first-order chi connectivity index (χ1) is 8.77. The minimum Gasteiger partial charge on any atom is -0.481 e. The fourth-order valence-electron chi connectivity index (χ4n) is 3.65. The molecule has 0 bridgehead atoms. The number of carbonyl (C=O) groups is 1. The Bertz CT molecular complexity index is 431. The molecule has 3 nitrogen and oxygen atoms in total. The molecule has 3 rings (SSSR count). The van der Waals surface area contributed by atoms with Crippen LogP contribution in [0.5, 0.6) is 0 Å². The Morgan fingerprint density at radius 2 is 2.00 bits per heavy atom. The number of nitrogens with zero attached hydrogens (tertiary/aromatic N) is 1. The lowest BCUT2D eigenvalue weighted by molar-refractivity contribution is -0.141. The lowest BCUT2D eigenvalue weighted by atomic mass is 9.82. The number of carboxylic acids is 1. The summed E-state index contributed by atoms with van der Waals surface area (Å²) in [4.78, 5) is 13.9. The summed E-state index contributed by atoms with van der Waals surface area (Å²) in [6.07, 6.45) is 3.59. The van der Waals surface area contributed by atoms with Crippen LogP contribution in [-0.2, 0) is 4.79 Å². The van der Waals surface area contributed by atoms with E-state index in [-0.39, 0.29) is 11.8 Å². The van der Waals surface area contributed by atoms with Crippen LogP contribution < -0.4 is 0 Å². The maximum Gasteiger partial charge on any atom is 0.308 e. The largest absolute Gasteiger partial charge is 0.481 e. The van der Waals surface area contributed by atoms with Gasteiger partial charge in [0.25, 0.3) is 0 Å². The molecule has 3 heteroatoms. The number of benzene rings is 1. The van der Waals surface area contributed by atoms with Gasteiger partial charge in [0.05, 0.1) is 5.92 Å². The van der Waals surface area contributed by atoms with Crippen molar-refractivity contribution in [3.8, 4) is 0 Å². The molecule has 0 amide bonds. The maximum atomic E-state index is 11.5. The van der Waals surface area contributed by atoms with Crippen molar-refractivity contribution >= 4 is 5.97 Å². The fourth-order valence-corrected chi connectivity index (χ4v) is 3.65. The van der Waals surface area contributed by atoms with Gasteiger partial charge in [-0.1, -0.05) is 36.8 Å². The molecule has 18 heavy (non-hydrogen) atoms. The van der Waals surface area contributed by atoms with E-state index < -0.39 is 5.97 Å². The van der Waals surface area contributed by atoms with E-state index >= 15 is 0 Å². The molecule has 0 aliphatic carbocycles. The normalized spacial score (nSPS) is 32.1. The van der Waals surface area contributed by atoms with Crippen LogP contribution in [0.1, 0.15) is 30.7 Å². The van der Waals surface area contributed by atoms with Crippen molar-refractivity contribution in [1.29, 1.82) is 0 Å². The molecule has 2 aliphatic rings. The van der Waals surface area contributed by atoms with E-state index in [9.17, 15) is 9.90 Å². The first-order valence-electron chi connectivity index (χ1n) is 6.79. The van der Waals surface area contributed by atoms with Crippen LogP contribution >= 0.6 is 0 Å². The zero-order valence-corrected chi connectivity index (χ0v) is 10.5. The summed E-state index contributed by atoms with van der Waals surface area (Å²) in [6.45, 7) is 1.79. The van der Waals surface area contributed by atoms with Crippen LogP contribution in [-0.4, -0.2) is 35.1 Å². The van der Waals surface area contributed by atoms with Gasteiger partial charge < -0.3 is 5.11 Å². The molecule has 3 unspecified atom stereocenters. The van der Waals surface area contributed by atoms with Gasteiger partial charge in [-0.2, -0.15) is 0 Å². The van der Waals surface area contributed by atoms with Crippen molar-refractivity contribution < 1.29 is 9.90 Å². The van der Waals surface area contributed by atoms with Crippen LogP contribution in [0.2, 0.25) is 0 Å². The molecule has 0 saturated carbocycles. The Labute approximate surface area is 107 Å². The molecule has 1 aromatic rings. The molecule has 2 heterocycles. The highest BCUT2D eigenvalue weighted by Gasteiger charge is 2.46. The van der Waals surface area contributed by atoms with Crippen molar-refractivity contribution in [2.75, 3.05) is 13.1 Å². The Balaban J connectivity index is 1.94. The predicted octanol–water partition coefficient (Wildman–Crippen LogP) is 2.34. The Morgan fingerprint density at radius 3 is 2.72 bits per heavy atom. The van der Waals surface area contributed by atoms with E-state index in [4.69, 9.17) is 0 Å². The van der Waals surface area contributed by atoms with Gasteiger partial charge >= 0.3 is 5.97 Å². The molecule has 2 saturated heterocycles. The van der Waals surface area contributed by atoms with Gasteiger partial charge in [-0.3, -0.25) is 9.69 Å². The molecular weight excluding hydrogens is 226 g/mol. The minimum atomic E-state index is -0.641. The van der Waals surface area contributed by atoms with Gasteiger partial charge in [0, 0.05) is 18.5 Å². The standard InChI is InChI=1S/C15H19NO2/c17-15(18)12-10-16-9-5-4-8-13(16)14(12)11-6-2-1-3-7-11/h1-3,6-7,12-14H,4-5,8-10H2,(H,17,18). The molecule has 0 aromatic heterocycles. The Morgan fingerprint density at radius 1 is 1.22 bits per heavy atom. The van der Waals surface area contributed by atoms with Crippen LogP contribution in [0.25, 0.3) is 0 Å². The smallest absolute Gasteiger partial charge is 0.308 e. The van der Waals surface area contributed by atoms with Crippen molar-refractivity contribution in [3.63, 3.8) is 0 Å². The Kier molecular flexibility index (Phi) is 3.08. The van der Waals surface area contributed by atoms with Gasteiger partial charge in [0.15, 0.2) is 0 Å². The van der Waals surface area contributed by atoms with E-state index in [1.54, 1.807) is 0 Å². The third kappa shape index (κ3) is 1.93. The zero-order chi connectivity index (χ0) is 12.5. The van der Waals surface area contributed by atoms with Crippen molar-refractivity contribution in [2.45, 2.75) is 31.2 Å².